The molecule has 0 saturated carbocycles. The fourth-order valence-corrected chi connectivity index (χ4v) is 4.99. The molecule has 0 amide bonds. The van der Waals surface area contributed by atoms with Crippen LogP contribution >= 0.6 is 0 Å². The molecular formula is C16H21N3O4S. The number of sulfonamides is 1. The number of aryl methyl sites for hydroxylation is 1. The van der Waals surface area contributed by atoms with E-state index in [1.165, 1.54) is 16.6 Å². The Labute approximate surface area is 141 Å². The molecule has 7 nitrogen and oxygen atoms in total. The largest absolute Gasteiger partial charge is 0.459 e. The number of carbonyl (C=O) groups is 1. The summed E-state index contributed by atoms with van der Waals surface area (Å²) in [6.07, 6.45) is 5.20. The lowest BCUT2D eigenvalue weighted by Gasteiger charge is -2.20. The summed E-state index contributed by atoms with van der Waals surface area (Å²) in [5.41, 5.74) is 0.648. The van der Waals surface area contributed by atoms with Crippen LogP contribution in [0.25, 0.3) is 0 Å². The molecule has 0 bridgehead atoms. The van der Waals surface area contributed by atoms with Gasteiger partial charge < -0.3 is 4.42 Å². The van der Waals surface area contributed by atoms with Crippen LogP contribution in [-0.4, -0.2) is 41.5 Å². The summed E-state index contributed by atoms with van der Waals surface area (Å²) in [4.78, 5) is 12.6. The monoisotopic (exact) mass is 351 g/mol. The van der Waals surface area contributed by atoms with Crippen molar-refractivity contribution in [2.75, 3.05) is 13.1 Å². The fourth-order valence-electron chi connectivity index (χ4n) is 3.12. The van der Waals surface area contributed by atoms with E-state index >= 15 is 0 Å². The van der Waals surface area contributed by atoms with Crippen LogP contribution in [0.3, 0.4) is 0 Å². The third-order valence-electron chi connectivity index (χ3n) is 4.31. The molecule has 130 valence electrons. The first kappa shape index (κ1) is 16.9. The summed E-state index contributed by atoms with van der Waals surface area (Å²) in [6.45, 7) is 4.24. The van der Waals surface area contributed by atoms with Crippen LogP contribution in [0.2, 0.25) is 0 Å². The Morgan fingerprint density at radius 1 is 1.17 bits per heavy atom. The topological polar surface area (TPSA) is 85.4 Å². The molecule has 0 aliphatic carbocycles. The summed E-state index contributed by atoms with van der Waals surface area (Å²) in [6, 6.07) is 3.13. The van der Waals surface area contributed by atoms with E-state index in [0.717, 1.165) is 30.4 Å². The van der Waals surface area contributed by atoms with E-state index in [9.17, 15) is 13.2 Å². The van der Waals surface area contributed by atoms with Crippen LogP contribution in [0.5, 0.6) is 0 Å². The van der Waals surface area contributed by atoms with Gasteiger partial charge in [-0.15, -0.1) is 0 Å². The van der Waals surface area contributed by atoms with Gasteiger partial charge in [0.15, 0.2) is 5.76 Å². The molecule has 1 fully saturated rings. The first-order valence-corrected chi connectivity index (χ1v) is 9.51. The zero-order valence-corrected chi connectivity index (χ0v) is 14.7. The molecule has 8 heteroatoms. The normalized spacial score (nSPS) is 16.9. The molecule has 1 aliphatic heterocycles. The van der Waals surface area contributed by atoms with Crippen LogP contribution in [-0.2, 0) is 10.0 Å². The third kappa shape index (κ3) is 2.91. The van der Waals surface area contributed by atoms with Gasteiger partial charge in [0.1, 0.15) is 4.90 Å². The van der Waals surface area contributed by atoms with Crippen LogP contribution in [0.1, 0.15) is 47.6 Å². The van der Waals surface area contributed by atoms with E-state index in [4.69, 9.17) is 4.42 Å². The quantitative estimate of drug-likeness (QED) is 0.847. The van der Waals surface area contributed by atoms with Crippen molar-refractivity contribution in [1.29, 1.82) is 0 Å². The Morgan fingerprint density at radius 2 is 1.83 bits per heavy atom. The minimum atomic E-state index is -3.66. The fraction of sp³-hybridized carbons (Fsp3) is 0.500. The molecule has 0 aromatic carbocycles. The molecule has 3 rings (SSSR count). The van der Waals surface area contributed by atoms with Gasteiger partial charge in [-0.1, -0.05) is 12.8 Å². The molecule has 0 atom stereocenters. The maximum atomic E-state index is 13.0. The number of hydrogen-bond donors (Lipinski definition) is 0. The number of carbonyl (C=O) groups excluding carboxylic acids is 1. The van der Waals surface area contributed by atoms with Gasteiger partial charge in [0.2, 0.25) is 10.0 Å². The highest BCUT2D eigenvalue weighted by molar-refractivity contribution is 7.89. The summed E-state index contributed by atoms with van der Waals surface area (Å²) in [5, 5.41) is 4.15. The maximum absolute atomic E-state index is 13.0. The van der Waals surface area contributed by atoms with Gasteiger partial charge >= 0.3 is 5.91 Å². The van der Waals surface area contributed by atoms with E-state index < -0.39 is 15.9 Å². The van der Waals surface area contributed by atoms with Crippen molar-refractivity contribution in [3.8, 4) is 0 Å². The lowest BCUT2D eigenvalue weighted by atomic mass is 10.2. The van der Waals surface area contributed by atoms with Crippen LogP contribution in [0.15, 0.2) is 27.7 Å². The van der Waals surface area contributed by atoms with E-state index in [1.54, 1.807) is 19.9 Å². The van der Waals surface area contributed by atoms with Crippen molar-refractivity contribution in [2.24, 2.45) is 0 Å². The molecule has 2 aromatic rings. The van der Waals surface area contributed by atoms with Crippen molar-refractivity contribution in [2.45, 2.75) is 44.4 Å². The Morgan fingerprint density at radius 3 is 2.42 bits per heavy atom. The highest BCUT2D eigenvalue weighted by Crippen LogP contribution is 2.26. The summed E-state index contributed by atoms with van der Waals surface area (Å²) < 4.78 is 33.8. The molecule has 3 heterocycles. The van der Waals surface area contributed by atoms with E-state index in [0.29, 0.717) is 24.5 Å². The average Bonchev–Trinajstić information content (AvgIpc) is 3.06. The Bertz CT molecular complexity index is 829. The Kier molecular flexibility index (Phi) is 4.60. The zero-order valence-electron chi connectivity index (χ0n) is 13.9. The van der Waals surface area contributed by atoms with Gasteiger partial charge in [-0.25, -0.2) is 8.42 Å². The summed E-state index contributed by atoms with van der Waals surface area (Å²) in [7, 11) is -3.66. The molecule has 1 aliphatic rings. The van der Waals surface area contributed by atoms with Crippen LogP contribution < -0.4 is 0 Å². The van der Waals surface area contributed by atoms with Crippen molar-refractivity contribution in [3.63, 3.8) is 0 Å². The second-order valence-electron chi connectivity index (χ2n) is 6.01. The second kappa shape index (κ2) is 6.52. The smallest absolute Gasteiger partial charge is 0.314 e. The van der Waals surface area contributed by atoms with Crippen molar-refractivity contribution >= 4 is 15.9 Å². The van der Waals surface area contributed by atoms with Crippen molar-refractivity contribution < 1.29 is 17.6 Å². The first-order chi connectivity index (χ1) is 11.4. The Hall–Kier alpha value is -1.93. The van der Waals surface area contributed by atoms with E-state index in [-0.39, 0.29) is 10.7 Å². The minimum absolute atomic E-state index is 0.124. The number of hydrogen-bond acceptors (Lipinski definition) is 5. The van der Waals surface area contributed by atoms with Gasteiger partial charge in [-0.05, 0) is 38.8 Å². The number of aromatic nitrogens is 2. The van der Waals surface area contributed by atoms with Gasteiger partial charge in [0.05, 0.1) is 17.7 Å². The molecule has 1 saturated heterocycles. The number of furan rings is 1. The summed E-state index contributed by atoms with van der Waals surface area (Å²) >= 11 is 0. The minimum Gasteiger partial charge on any atom is -0.459 e. The molecule has 24 heavy (non-hydrogen) atoms. The molecule has 2 aromatic heterocycles. The van der Waals surface area contributed by atoms with Gasteiger partial charge in [0.25, 0.3) is 0 Å². The van der Waals surface area contributed by atoms with Gasteiger partial charge in [0, 0.05) is 13.1 Å². The second-order valence-corrected chi connectivity index (χ2v) is 7.89. The molecule has 0 radical (unpaired) electrons. The third-order valence-corrected chi connectivity index (χ3v) is 6.46. The molecule has 0 spiro atoms. The SMILES string of the molecule is Cc1nn(C(=O)c2ccco2)c(C)c1S(=O)(=O)N1CCCCCC1. The number of rotatable bonds is 3. The molecule has 0 unspecified atom stereocenters. The highest BCUT2D eigenvalue weighted by atomic mass is 32.2. The van der Waals surface area contributed by atoms with Crippen molar-refractivity contribution in [1.82, 2.24) is 14.1 Å². The lowest BCUT2D eigenvalue weighted by molar-refractivity contribution is 0.0914. The van der Waals surface area contributed by atoms with E-state index in [2.05, 4.69) is 5.10 Å². The average molecular weight is 351 g/mol. The lowest BCUT2D eigenvalue weighted by Crippen LogP contribution is -2.32. The van der Waals surface area contributed by atoms with Crippen molar-refractivity contribution in [3.05, 3.63) is 35.5 Å². The Balaban J connectivity index is 2.01. The van der Waals surface area contributed by atoms with Crippen LogP contribution in [0.4, 0.5) is 0 Å². The predicted molar refractivity (Wildman–Crippen MR) is 87.4 cm³/mol. The maximum Gasteiger partial charge on any atom is 0.314 e. The molecular weight excluding hydrogens is 330 g/mol. The number of nitrogens with zero attached hydrogens (tertiary/aromatic N) is 3. The molecule has 0 N–H and O–H groups in total. The van der Waals surface area contributed by atoms with Crippen LogP contribution in [0, 0.1) is 13.8 Å². The summed E-state index contributed by atoms with van der Waals surface area (Å²) in [5.74, 6) is -0.350. The zero-order chi connectivity index (χ0) is 17.3. The predicted octanol–water partition coefficient (Wildman–Crippen LogP) is 2.35. The standard InChI is InChI=1S/C16H21N3O4S/c1-12-15(24(21,22)18-9-5-3-4-6-10-18)13(2)19(17-12)16(20)14-8-7-11-23-14/h7-8,11H,3-6,9-10H2,1-2H3. The van der Waals surface area contributed by atoms with Gasteiger partial charge in [-0.2, -0.15) is 14.1 Å². The highest BCUT2D eigenvalue weighted by Gasteiger charge is 2.32. The van der Waals surface area contributed by atoms with E-state index in [1.807, 2.05) is 0 Å². The van der Waals surface area contributed by atoms with Gasteiger partial charge in [-0.3, -0.25) is 4.79 Å². The first-order valence-electron chi connectivity index (χ1n) is 8.07.